The molecule has 8 nitrogen and oxygen atoms in total. The van der Waals surface area contributed by atoms with Gasteiger partial charge in [-0.25, -0.2) is 13.1 Å². The van der Waals surface area contributed by atoms with E-state index in [1.807, 2.05) is 0 Å². The largest absolute Gasteiger partial charge is 0.387 e. The maximum atomic E-state index is 12.1. The second-order valence-electron chi connectivity index (χ2n) is 4.04. The number of hydrogen-bond donors (Lipinski definition) is 2. The standard InChI is InChI=1S/C11H16N6O2S/c1-12-10-3-5-13-9-11(10)20(18,19)15-4-2-7-17-8-6-14-16-17/h3,5-6,8-9,15H,2,4,7H2,1H3,(H,12,13). The van der Waals surface area contributed by atoms with E-state index in [0.29, 0.717) is 25.2 Å². The Hall–Kier alpha value is -2.00. The minimum Gasteiger partial charge on any atom is -0.387 e. The Morgan fingerprint density at radius 2 is 2.20 bits per heavy atom. The van der Waals surface area contributed by atoms with Gasteiger partial charge in [0.1, 0.15) is 4.90 Å². The summed E-state index contributed by atoms with van der Waals surface area (Å²) in [6.45, 7) is 0.925. The number of nitrogens with zero attached hydrogens (tertiary/aromatic N) is 4. The molecule has 0 amide bonds. The van der Waals surface area contributed by atoms with Gasteiger partial charge in [-0.3, -0.25) is 9.67 Å². The summed E-state index contributed by atoms with van der Waals surface area (Å²) in [6.07, 6.45) is 6.80. The van der Waals surface area contributed by atoms with Crippen LogP contribution in [0.25, 0.3) is 0 Å². The SMILES string of the molecule is CNc1ccncc1S(=O)(=O)NCCCn1ccnn1. The lowest BCUT2D eigenvalue weighted by Gasteiger charge is -2.10. The van der Waals surface area contributed by atoms with Crippen LogP contribution < -0.4 is 10.0 Å². The molecule has 0 aromatic carbocycles. The Morgan fingerprint density at radius 3 is 2.90 bits per heavy atom. The fourth-order valence-electron chi connectivity index (χ4n) is 1.68. The summed E-state index contributed by atoms with van der Waals surface area (Å²) in [5.74, 6) is 0. The van der Waals surface area contributed by atoms with E-state index in [9.17, 15) is 8.42 Å². The maximum absolute atomic E-state index is 12.1. The quantitative estimate of drug-likeness (QED) is 0.702. The van der Waals surface area contributed by atoms with Crippen LogP contribution >= 0.6 is 0 Å². The third kappa shape index (κ3) is 3.52. The highest BCUT2D eigenvalue weighted by molar-refractivity contribution is 7.89. The normalized spacial score (nSPS) is 11.4. The number of pyridine rings is 1. The number of aromatic nitrogens is 4. The van der Waals surface area contributed by atoms with Crippen molar-refractivity contribution in [1.29, 1.82) is 0 Å². The van der Waals surface area contributed by atoms with Crippen molar-refractivity contribution in [2.24, 2.45) is 0 Å². The molecule has 108 valence electrons. The molecule has 0 aliphatic heterocycles. The van der Waals surface area contributed by atoms with Crippen molar-refractivity contribution in [2.75, 3.05) is 18.9 Å². The molecule has 0 bridgehead atoms. The molecular weight excluding hydrogens is 280 g/mol. The fourth-order valence-corrected chi connectivity index (χ4v) is 2.91. The molecule has 0 fully saturated rings. The van der Waals surface area contributed by atoms with Gasteiger partial charge in [0.25, 0.3) is 0 Å². The molecule has 2 N–H and O–H groups in total. The zero-order valence-corrected chi connectivity index (χ0v) is 11.8. The molecule has 2 heterocycles. The molecule has 9 heteroatoms. The van der Waals surface area contributed by atoms with Crippen LogP contribution in [-0.4, -0.2) is 42.0 Å². The second kappa shape index (κ2) is 6.44. The van der Waals surface area contributed by atoms with Crippen molar-refractivity contribution in [1.82, 2.24) is 24.7 Å². The summed E-state index contributed by atoms with van der Waals surface area (Å²) in [7, 11) is -1.90. The Labute approximate surface area is 117 Å². The number of rotatable bonds is 7. The zero-order valence-electron chi connectivity index (χ0n) is 11.0. The number of hydrogen-bond acceptors (Lipinski definition) is 6. The lowest BCUT2D eigenvalue weighted by Crippen LogP contribution is -2.26. The molecule has 0 saturated carbocycles. The van der Waals surface area contributed by atoms with Crippen molar-refractivity contribution in [3.8, 4) is 0 Å². The average molecular weight is 296 g/mol. The third-order valence-electron chi connectivity index (χ3n) is 2.67. The van der Waals surface area contributed by atoms with Gasteiger partial charge in [0.2, 0.25) is 10.0 Å². The minimum atomic E-state index is -3.56. The van der Waals surface area contributed by atoms with Gasteiger partial charge in [-0.2, -0.15) is 0 Å². The smallest absolute Gasteiger partial charge is 0.244 e. The minimum absolute atomic E-state index is 0.142. The van der Waals surface area contributed by atoms with Crippen molar-refractivity contribution in [2.45, 2.75) is 17.9 Å². The lowest BCUT2D eigenvalue weighted by atomic mass is 10.4. The highest BCUT2D eigenvalue weighted by atomic mass is 32.2. The molecule has 2 aromatic rings. The summed E-state index contributed by atoms with van der Waals surface area (Å²) in [5.41, 5.74) is 0.517. The van der Waals surface area contributed by atoms with Crippen LogP contribution in [0, 0.1) is 0 Å². The van der Waals surface area contributed by atoms with E-state index in [2.05, 4.69) is 25.3 Å². The van der Waals surface area contributed by atoms with E-state index in [0.717, 1.165) is 0 Å². The molecule has 20 heavy (non-hydrogen) atoms. The van der Waals surface area contributed by atoms with Crippen molar-refractivity contribution in [3.05, 3.63) is 30.9 Å². The van der Waals surface area contributed by atoms with Gasteiger partial charge in [-0.15, -0.1) is 5.10 Å². The first-order chi connectivity index (χ1) is 9.63. The van der Waals surface area contributed by atoms with Crippen LogP contribution in [0.15, 0.2) is 35.7 Å². The highest BCUT2D eigenvalue weighted by Gasteiger charge is 2.17. The Kier molecular flexibility index (Phi) is 4.64. The zero-order chi connectivity index (χ0) is 14.4. The van der Waals surface area contributed by atoms with Gasteiger partial charge in [0.05, 0.1) is 11.9 Å². The molecule has 0 aliphatic rings. The van der Waals surface area contributed by atoms with Gasteiger partial charge in [0, 0.05) is 38.7 Å². The van der Waals surface area contributed by atoms with Gasteiger partial charge in [0.15, 0.2) is 0 Å². The van der Waals surface area contributed by atoms with Crippen LogP contribution in [0.3, 0.4) is 0 Å². The monoisotopic (exact) mass is 296 g/mol. The maximum Gasteiger partial charge on any atom is 0.244 e. The Balaban J connectivity index is 1.94. The molecule has 0 unspecified atom stereocenters. The Bertz CT molecular complexity index is 641. The van der Waals surface area contributed by atoms with E-state index >= 15 is 0 Å². The molecule has 0 aliphatic carbocycles. The van der Waals surface area contributed by atoms with Crippen LogP contribution in [-0.2, 0) is 16.6 Å². The van der Waals surface area contributed by atoms with E-state index < -0.39 is 10.0 Å². The van der Waals surface area contributed by atoms with Gasteiger partial charge in [-0.1, -0.05) is 5.21 Å². The number of nitrogens with one attached hydrogen (secondary N) is 2. The number of aryl methyl sites for hydroxylation is 1. The first-order valence-corrected chi connectivity index (χ1v) is 7.57. The van der Waals surface area contributed by atoms with E-state index in [1.165, 1.54) is 12.4 Å². The Morgan fingerprint density at radius 1 is 1.35 bits per heavy atom. The molecule has 0 atom stereocenters. The summed E-state index contributed by atoms with van der Waals surface area (Å²) in [6, 6.07) is 1.62. The number of anilines is 1. The van der Waals surface area contributed by atoms with Gasteiger partial charge < -0.3 is 5.32 Å². The number of sulfonamides is 1. The van der Waals surface area contributed by atoms with Crippen LogP contribution in [0.2, 0.25) is 0 Å². The van der Waals surface area contributed by atoms with E-state index in [1.54, 1.807) is 30.2 Å². The van der Waals surface area contributed by atoms with Crippen LogP contribution in [0.5, 0.6) is 0 Å². The van der Waals surface area contributed by atoms with Crippen molar-refractivity contribution < 1.29 is 8.42 Å². The molecule has 0 spiro atoms. The predicted molar refractivity (Wildman–Crippen MR) is 73.6 cm³/mol. The summed E-state index contributed by atoms with van der Waals surface area (Å²) >= 11 is 0. The fraction of sp³-hybridized carbons (Fsp3) is 0.364. The first kappa shape index (κ1) is 14.4. The summed E-state index contributed by atoms with van der Waals surface area (Å²) in [5, 5.41) is 10.3. The van der Waals surface area contributed by atoms with E-state index in [4.69, 9.17) is 0 Å². The van der Waals surface area contributed by atoms with Crippen molar-refractivity contribution >= 4 is 15.7 Å². The molecule has 0 saturated heterocycles. The van der Waals surface area contributed by atoms with Gasteiger partial charge in [-0.05, 0) is 12.5 Å². The second-order valence-corrected chi connectivity index (χ2v) is 5.77. The third-order valence-corrected chi connectivity index (χ3v) is 4.16. The summed E-state index contributed by atoms with van der Waals surface area (Å²) in [4.78, 5) is 3.99. The van der Waals surface area contributed by atoms with Crippen molar-refractivity contribution in [3.63, 3.8) is 0 Å². The molecule has 0 radical (unpaired) electrons. The average Bonchev–Trinajstić information content (AvgIpc) is 2.97. The molecule has 2 aromatic heterocycles. The molecule has 2 rings (SSSR count). The predicted octanol–water partition coefficient (Wildman–Crippen LogP) is 0.0834. The topological polar surface area (TPSA) is 102 Å². The highest BCUT2D eigenvalue weighted by Crippen LogP contribution is 2.18. The van der Waals surface area contributed by atoms with Gasteiger partial charge >= 0.3 is 0 Å². The van der Waals surface area contributed by atoms with E-state index in [-0.39, 0.29) is 4.90 Å². The first-order valence-electron chi connectivity index (χ1n) is 6.09. The van der Waals surface area contributed by atoms with Crippen LogP contribution in [0.4, 0.5) is 5.69 Å². The summed E-state index contributed by atoms with van der Waals surface area (Å²) < 4.78 is 28.5. The lowest BCUT2D eigenvalue weighted by molar-refractivity contribution is 0.542. The van der Waals surface area contributed by atoms with Crippen LogP contribution in [0.1, 0.15) is 6.42 Å². The molecular formula is C11H16N6O2S.